The molecule has 0 radical (unpaired) electrons. The minimum absolute atomic E-state index is 0.102. The van der Waals surface area contributed by atoms with E-state index in [1.807, 2.05) is 12.1 Å². The predicted octanol–water partition coefficient (Wildman–Crippen LogP) is 1.78. The number of likely N-dealkylation sites (N-methyl/N-ethyl adjacent to an activating group) is 1. The molecule has 2 unspecified atom stereocenters. The smallest absolute Gasteiger partial charge is 0.246 e. The van der Waals surface area contributed by atoms with Gasteiger partial charge in [-0.25, -0.2) is 0 Å². The SMILES string of the molecule is CN1C(=O)CC(NC2CCc3c(Br)cccc32)C1=O. The van der Waals surface area contributed by atoms with Gasteiger partial charge < -0.3 is 0 Å². The Hall–Kier alpha value is -1.20. The van der Waals surface area contributed by atoms with Crippen molar-refractivity contribution in [2.24, 2.45) is 0 Å². The quantitative estimate of drug-likeness (QED) is 0.844. The van der Waals surface area contributed by atoms with Crippen molar-refractivity contribution in [3.63, 3.8) is 0 Å². The second-order valence-corrected chi connectivity index (χ2v) is 5.97. The number of nitrogens with zero attached hydrogens (tertiary/aromatic N) is 1. The number of nitrogens with one attached hydrogen (secondary N) is 1. The Morgan fingerprint density at radius 1 is 1.32 bits per heavy atom. The first-order valence-electron chi connectivity index (χ1n) is 6.41. The van der Waals surface area contributed by atoms with Crippen LogP contribution in [0.2, 0.25) is 0 Å². The van der Waals surface area contributed by atoms with Crippen molar-refractivity contribution >= 4 is 27.7 Å². The molecular formula is C14H15BrN2O2. The van der Waals surface area contributed by atoms with Gasteiger partial charge in [0.1, 0.15) is 0 Å². The number of carbonyl (C=O) groups is 2. The molecule has 0 bridgehead atoms. The number of halogens is 1. The molecule has 2 amide bonds. The van der Waals surface area contributed by atoms with Gasteiger partial charge in [-0.05, 0) is 30.0 Å². The van der Waals surface area contributed by atoms with Crippen LogP contribution in [0.1, 0.15) is 30.0 Å². The monoisotopic (exact) mass is 322 g/mol. The van der Waals surface area contributed by atoms with Gasteiger partial charge >= 0.3 is 0 Å². The number of hydrogen-bond donors (Lipinski definition) is 1. The van der Waals surface area contributed by atoms with Crippen molar-refractivity contribution in [2.75, 3.05) is 7.05 Å². The summed E-state index contributed by atoms with van der Waals surface area (Å²) in [6.07, 6.45) is 2.24. The standard InChI is InChI=1S/C14H15BrN2O2/c1-17-13(18)7-12(14(17)19)16-11-6-5-8-9(11)3-2-4-10(8)15/h2-4,11-12,16H,5-7H2,1H3. The third-order valence-corrected chi connectivity index (χ3v) is 4.74. The second-order valence-electron chi connectivity index (χ2n) is 5.11. The van der Waals surface area contributed by atoms with E-state index in [-0.39, 0.29) is 30.3 Å². The minimum Gasteiger partial charge on any atom is -0.298 e. The maximum absolute atomic E-state index is 11.9. The fraction of sp³-hybridized carbons (Fsp3) is 0.429. The van der Waals surface area contributed by atoms with Gasteiger partial charge in [0.05, 0.1) is 12.5 Å². The highest BCUT2D eigenvalue weighted by atomic mass is 79.9. The zero-order chi connectivity index (χ0) is 13.6. The lowest BCUT2D eigenvalue weighted by atomic mass is 10.1. The molecule has 5 heteroatoms. The third-order valence-electron chi connectivity index (χ3n) is 4.00. The van der Waals surface area contributed by atoms with Crippen LogP contribution >= 0.6 is 15.9 Å². The Balaban J connectivity index is 1.79. The normalized spacial score (nSPS) is 26.1. The highest BCUT2D eigenvalue weighted by Gasteiger charge is 2.38. The molecular weight excluding hydrogens is 308 g/mol. The van der Waals surface area contributed by atoms with Crippen LogP contribution in [0.15, 0.2) is 22.7 Å². The zero-order valence-corrected chi connectivity index (χ0v) is 12.2. The average Bonchev–Trinajstić information content (AvgIpc) is 2.90. The Morgan fingerprint density at radius 3 is 2.79 bits per heavy atom. The Bertz CT molecular complexity index is 558. The summed E-state index contributed by atoms with van der Waals surface area (Å²) in [5.74, 6) is -0.219. The van der Waals surface area contributed by atoms with Crippen molar-refractivity contribution in [3.05, 3.63) is 33.8 Å². The van der Waals surface area contributed by atoms with Gasteiger partial charge in [0.25, 0.3) is 0 Å². The molecule has 1 N–H and O–H groups in total. The third kappa shape index (κ3) is 2.11. The molecule has 19 heavy (non-hydrogen) atoms. The van der Waals surface area contributed by atoms with Crippen LogP contribution < -0.4 is 5.32 Å². The number of fused-ring (bicyclic) bond motifs is 1. The molecule has 2 aliphatic rings. The summed E-state index contributed by atoms with van der Waals surface area (Å²) in [5.41, 5.74) is 2.55. The summed E-state index contributed by atoms with van der Waals surface area (Å²) < 4.78 is 1.13. The van der Waals surface area contributed by atoms with E-state index in [4.69, 9.17) is 0 Å². The molecule has 1 saturated heterocycles. The second kappa shape index (κ2) is 4.72. The first-order valence-corrected chi connectivity index (χ1v) is 7.21. The topological polar surface area (TPSA) is 49.4 Å². The van der Waals surface area contributed by atoms with E-state index < -0.39 is 0 Å². The number of likely N-dealkylation sites (tertiary alicyclic amines) is 1. The Morgan fingerprint density at radius 2 is 2.11 bits per heavy atom. The van der Waals surface area contributed by atoms with E-state index in [0.717, 1.165) is 17.3 Å². The fourth-order valence-corrected chi connectivity index (χ4v) is 3.49. The summed E-state index contributed by atoms with van der Waals surface area (Å²) in [7, 11) is 1.55. The van der Waals surface area contributed by atoms with Gasteiger partial charge in [-0.15, -0.1) is 0 Å². The first-order chi connectivity index (χ1) is 9.08. The van der Waals surface area contributed by atoms with E-state index in [2.05, 4.69) is 27.3 Å². The van der Waals surface area contributed by atoms with Crippen LogP contribution in [0.4, 0.5) is 0 Å². The molecule has 1 aromatic carbocycles. The van der Waals surface area contributed by atoms with E-state index >= 15 is 0 Å². The Labute approximate surface area is 120 Å². The lowest BCUT2D eigenvalue weighted by Crippen LogP contribution is -2.38. The van der Waals surface area contributed by atoms with Gasteiger partial charge in [0.2, 0.25) is 11.8 Å². The maximum atomic E-state index is 11.9. The molecule has 1 aliphatic carbocycles. The molecule has 100 valence electrons. The van der Waals surface area contributed by atoms with Crippen LogP contribution in [-0.2, 0) is 16.0 Å². The van der Waals surface area contributed by atoms with E-state index in [0.29, 0.717) is 0 Å². The summed E-state index contributed by atoms with van der Waals surface area (Å²) >= 11 is 3.56. The van der Waals surface area contributed by atoms with Crippen LogP contribution in [0, 0.1) is 0 Å². The Kier molecular flexibility index (Phi) is 3.19. The molecule has 0 spiro atoms. The summed E-state index contributed by atoms with van der Waals surface area (Å²) in [6.45, 7) is 0. The van der Waals surface area contributed by atoms with E-state index in [1.54, 1.807) is 7.05 Å². The highest BCUT2D eigenvalue weighted by Crippen LogP contribution is 2.36. The first kappa shape index (κ1) is 12.8. The van der Waals surface area contributed by atoms with Crippen LogP contribution in [0.25, 0.3) is 0 Å². The van der Waals surface area contributed by atoms with E-state index in [1.165, 1.54) is 16.0 Å². The summed E-state index contributed by atoms with van der Waals surface area (Å²) in [4.78, 5) is 24.7. The molecule has 2 atom stereocenters. The highest BCUT2D eigenvalue weighted by molar-refractivity contribution is 9.10. The van der Waals surface area contributed by atoms with Crippen molar-refractivity contribution in [1.29, 1.82) is 0 Å². The minimum atomic E-state index is -0.368. The molecule has 1 fully saturated rings. The summed E-state index contributed by atoms with van der Waals surface area (Å²) in [6, 6.07) is 5.94. The van der Waals surface area contributed by atoms with Gasteiger partial charge in [0, 0.05) is 17.6 Å². The van der Waals surface area contributed by atoms with Crippen molar-refractivity contribution < 1.29 is 9.59 Å². The number of carbonyl (C=O) groups excluding carboxylic acids is 2. The van der Waals surface area contributed by atoms with Gasteiger partial charge in [-0.2, -0.15) is 0 Å². The van der Waals surface area contributed by atoms with Crippen molar-refractivity contribution in [3.8, 4) is 0 Å². The van der Waals surface area contributed by atoms with Gasteiger partial charge in [0.15, 0.2) is 0 Å². The van der Waals surface area contributed by atoms with Crippen molar-refractivity contribution in [2.45, 2.75) is 31.3 Å². The lowest BCUT2D eigenvalue weighted by Gasteiger charge is -2.18. The summed E-state index contributed by atoms with van der Waals surface area (Å²) in [5, 5.41) is 3.34. The molecule has 1 aromatic rings. The van der Waals surface area contributed by atoms with Gasteiger partial charge in [-0.1, -0.05) is 28.1 Å². The lowest BCUT2D eigenvalue weighted by molar-refractivity contribution is -0.137. The molecule has 1 aliphatic heterocycles. The number of rotatable bonds is 2. The number of amides is 2. The molecule has 4 nitrogen and oxygen atoms in total. The zero-order valence-electron chi connectivity index (χ0n) is 10.6. The average molecular weight is 323 g/mol. The predicted molar refractivity (Wildman–Crippen MR) is 74.5 cm³/mol. The van der Waals surface area contributed by atoms with Crippen LogP contribution in [0.5, 0.6) is 0 Å². The van der Waals surface area contributed by atoms with Crippen molar-refractivity contribution in [1.82, 2.24) is 10.2 Å². The van der Waals surface area contributed by atoms with Crippen LogP contribution in [-0.4, -0.2) is 29.8 Å². The fourth-order valence-electron chi connectivity index (χ4n) is 2.91. The number of hydrogen-bond acceptors (Lipinski definition) is 3. The maximum Gasteiger partial charge on any atom is 0.246 e. The molecule has 0 saturated carbocycles. The number of imide groups is 1. The van der Waals surface area contributed by atoms with E-state index in [9.17, 15) is 9.59 Å². The molecule has 3 rings (SSSR count). The molecule has 1 heterocycles. The molecule has 0 aromatic heterocycles. The number of benzene rings is 1. The largest absolute Gasteiger partial charge is 0.298 e. The van der Waals surface area contributed by atoms with Crippen LogP contribution in [0.3, 0.4) is 0 Å². The van der Waals surface area contributed by atoms with Gasteiger partial charge in [-0.3, -0.25) is 19.8 Å².